The fourth-order valence-electron chi connectivity index (χ4n) is 7.91. The van der Waals surface area contributed by atoms with Crippen molar-refractivity contribution in [2.24, 2.45) is 0 Å². The first-order valence-electron chi connectivity index (χ1n) is 18.8. The summed E-state index contributed by atoms with van der Waals surface area (Å²) in [5, 5.41) is 4.64. The molecular weight excluding hydrogens is 685 g/mol. The molecule has 262 valence electrons. The Morgan fingerprint density at radius 2 is 0.804 bits per heavy atom. The van der Waals surface area contributed by atoms with Crippen LogP contribution in [-0.2, 0) is 0 Å². The first kappa shape index (κ1) is 31.9. The highest BCUT2D eigenvalue weighted by Crippen LogP contribution is 2.38. The summed E-state index contributed by atoms with van der Waals surface area (Å²) in [4.78, 5) is 15.2. The predicted molar refractivity (Wildman–Crippen MR) is 229 cm³/mol. The molecule has 3 aromatic heterocycles. The van der Waals surface area contributed by atoms with Crippen molar-refractivity contribution < 1.29 is 4.42 Å². The van der Waals surface area contributed by atoms with Gasteiger partial charge in [0.15, 0.2) is 17.5 Å². The molecule has 0 bridgehead atoms. The molecule has 5 nitrogen and oxygen atoms in total. The second kappa shape index (κ2) is 13.0. The quantitative estimate of drug-likeness (QED) is 0.172. The van der Waals surface area contributed by atoms with Gasteiger partial charge in [0.05, 0.1) is 11.0 Å². The molecule has 0 radical (unpaired) electrons. The third-order valence-electron chi connectivity index (χ3n) is 10.7. The molecule has 0 saturated heterocycles. The van der Waals surface area contributed by atoms with Crippen molar-refractivity contribution in [3.63, 3.8) is 0 Å². The highest BCUT2D eigenvalue weighted by Gasteiger charge is 2.17. The molecule has 0 atom stereocenters. The number of nitrogens with zero attached hydrogens (tertiary/aromatic N) is 4. The van der Waals surface area contributed by atoms with Crippen molar-refractivity contribution in [1.29, 1.82) is 0 Å². The zero-order valence-corrected chi connectivity index (χ0v) is 30.2. The predicted octanol–water partition coefficient (Wildman–Crippen LogP) is 13.2. The zero-order valence-electron chi connectivity index (χ0n) is 30.2. The molecule has 11 aromatic rings. The molecule has 0 N–H and O–H groups in total. The van der Waals surface area contributed by atoms with E-state index in [1.165, 1.54) is 16.3 Å². The Kier molecular flexibility index (Phi) is 7.42. The van der Waals surface area contributed by atoms with Gasteiger partial charge in [-0.25, -0.2) is 15.0 Å². The molecule has 11 rings (SSSR count). The summed E-state index contributed by atoms with van der Waals surface area (Å²) >= 11 is 0. The van der Waals surface area contributed by atoms with Crippen molar-refractivity contribution in [2.75, 3.05) is 0 Å². The smallest absolute Gasteiger partial charge is 0.164 e. The largest absolute Gasteiger partial charge is 0.456 e. The third-order valence-corrected chi connectivity index (χ3v) is 10.7. The van der Waals surface area contributed by atoms with E-state index in [1.54, 1.807) is 0 Å². The van der Waals surface area contributed by atoms with E-state index < -0.39 is 0 Å². The normalized spacial score (nSPS) is 11.6. The van der Waals surface area contributed by atoms with Crippen LogP contribution in [0.15, 0.2) is 199 Å². The number of furan rings is 1. The highest BCUT2D eigenvalue weighted by atomic mass is 16.3. The van der Waals surface area contributed by atoms with Gasteiger partial charge in [-0.1, -0.05) is 152 Å². The number of rotatable bonds is 6. The van der Waals surface area contributed by atoms with Gasteiger partial charge < -0.3 is 8.98 Å². The Balaban J connectivity index is 1.04. The summed E-state index contributed by atoms with van der Waals surface area (Å²) in [6.07, 6.45) is 0. The fraction of sp³-hybridized carbons (Fsp3) is 0. The van der Waals surface area contributed by atoms with Gasteiger partial charge in [0.25, 0.3) is 0 Å². The number of benzene rings is 8. The lowest BCUT2D eigenvalue weighted by Crippen LogP contribution is -2.01. The number of aromatic nitrogens is 4. The minimum absolute atomic E-state index is 0.614. The molecule has 0 fully saturated rings. The van der Waals surface area contributed by atoms with Crippen molar-refractivity contribution in [3.05, 3.63) is 194 Å². The zero-order chi connectivity index (χ0) is 37.0. The van der Waals surface area contributed by atoms with Crippen molar-refractivity contribution in [3.8, 4) is 62.1 Å². The first-order chi connectivity index (χ1) is 27.7. The third kappa shape index (κ3) is 5.45. The Morgan fingerprint density at radius 3 is 1.57 bits per heavy atom. The Morgan fingerprint density at radius 1 is 0.304 bits per heavy atom. The van der Waals surface area contributed by atoms with E-state index in [0.29, 0.717) is 17.5 Å². The van der Waals surface area contributed by atoms with Gasteiger partial charge in [-0.2, -0.15) is 0 Å². The molecule has 56 heavy (non-hydrogen) atoms. The lowest BCUT2D eigenvalue weighted by Gasteiger charge is -2.12. The van der Waals surface area contributed by atoms with Gasteiger partial charge in [-0.05, 0) is 64.7 Å². The molecule has 0 aliphatic rings. The minimum Gasteiger partial charge on any atom is -0.456 e. The molecule has 3 heterocycles. The number of hydrogen-bond acceptors (Lipinski definition) is 4. The molecule has 0 amide bonds. The van der Waals surface area contributed by atoms with E-state index in [-0.39, 0.29) is 0 Å². The average molecular weight is 717 g/mol. The summed E-state index contributed by atoms with van der Waals surface area (Å²) in [5.74, 6) is 1.87. The van der Waals surface area contributed by atoms with Crippen LogP contribution in [-0.4, -0.2) is 19.5 Å². The van der Waals surface area contributed by atoms with Gasteiger partial charge in [0.1, 0.15) is 11.2 Å². The molecule has 0 aliphatic heterocycles. The molecule has 8 aromatic carbocycles. The van der Waals surface area contributed by atoms with E-state index in [4.69, 9.17) is 19.4 Å². The highest BCUT2D eigenvalue weighted by molar-refractivity contribution is 6.11. The number of fused-ring (bicyclic) bond motifs is 6. The summed E-state index contributed by atoms with van der Waals surface area (Å²) in [6, 6.07) is 67.5. The van der Waals surface area contributed by atoms with E-state index in [2.05, 4.69) is 150 Å². The van der Waals surface area contributed by atoms with E-state index in [1.807, 2.05) is 48.5 Å². The lowest BCUT2D eigenvalue weighted by atomic mass is 10.0. The van der Waals surface area contributed by atoms with Crippen LogP contribution in [0.2, 0.25) is 0 Å². The van der Waals surface area contributed by atoms with Crippen LogP contribution in [0.25, 0.3) is 106 Å². The van der Waals surface area contributed by atoms with Gasteiger partial charge in [-0.3, -0.25) is 0 Å². The average Bonchev–Trinajstić information content (AvgIpc) is 3.82. The Labute approximate surface area is 322 Å². The lowest BCUT2D eigenvalue weighted by molar-refractivity contribution is 0.669. The van der Waals surface area contributed by atoms with Crippen LogP contribution >= 0.6 is 0 Å². The van der Waals surface area contributed by atoms with Crippen molar-refractivity contribution in [2.45, 2.75) is 0 Å². The molecular formula is C51H32N4O. The summed E-state index contributed by atoms with van der Waals surface area (Å²) in [7, 11) is 0. The minimum atomic E-state index is 0.614. The first-order valence-corrected chi connectivity index (χ1v) is 18.8. The van der Waals surface area contributed by atoms with Crippen molar-refractivity contribution >= 4 is 43.7 Å². The SMILES string of the molecule is c1ccc(-c2ccc(-c3nc(-c4ccccc4)nc(-c4cccc(-n5c6ccccc6c6ccc(-c7ccc8c(c7)oc7ccccc78)cc65)c4)n3)cc2)cc1. The fourth-order valence-corrected chi connectivity index (χ4v) is 7.91. The second-order valence-electron chi connectivity index (χ2n) is 14.1. The summed E-state index contributed by atoms with van der Waals surface area (Å²) in [5.41, 5.74) is 12.4. The molecule has 5 heteroatoms. The maximum atomic E-state index is 6.27. The van der Waals surface area contributed by atoms with Gasteiger partial charge >= 0.3 is 0 Å². The van der Waals surface area contributed by atoms with Crippen LogP contribution in [0.4, 0.5) is 0 Å². The standard InChI is InChI=1S/C51H32N4O/c1-3-12-33(13-4-1)34-22-24-36(25-23-34)50-52-49(35-14-5-2-6-15-35)53-51(54-50)39-16-11-17-40(30-39)55-45-20-9-7-18-41(45)42-28-26-37(31-46(42)55)38-27-29-44-43-19-8-10-21-47(43)56-48(44)32-38/h1-32H. The topological polar surface area (TPSA) is 56.7 Å². The maximum absolute atomic E-state index is 6.27. The maximum Gasteiger partial charge on any atom is 0.164 e. The molecule has 0 aliphatic carbocycles. The van der Waals surface area contributed by atoms with E-state index in [0.717, 1.165) is 72.0 Å². The van der Waals surface area contributed by atoms with E-state index >= 15 is 0 Å². The van der Waals surface area contributed by atoms with Gasteiger partial charge in [0, 0.05) is 43.9 Å². The van der Waals surface area contributed by atoms with E-state index in [9.17, 15) is 0 Å². The second-order valence-corrected chi connectivity index (χ2v) is 14.1. The summed E-state index contributed by atoms with van der Waals surface area (Å²) < 4.78 is 8.62. The van der Waals surface area contributed by atoms with Crippen LogP contribution in [0.5, 0.6) is 0 Å². The van der Waals surface area contributed by atoms with Gasteiger partial charge in [-0.15, -0.1) is 0 Å². The number of hydrogen-bond donors (Lipinski definition) is 0. The molecule has 0 saturated carbocycles. The van der Waals surface area contributed by atoms with Crippen LogP contribution in [0.3, 0.4) is 0 Å². The van der Waals surface area contributed by atoms with Crippen molar-refractivity contribution in [1.82, 2.24) is 19.5 Å². The van der Waals surface area contributed by atoms with Gasteiger partial charge in [0.2, 0.25) is 0 Å². The monoisotopic (exact) mass is 716 g/mol. The summed E-state index contributed by atoms with van der Waals surface area (Å²) in [6.45, 7) is 0. The molecule has 0 unspecified atom stereocenters. The Hall–Kier alpha value is -7.63. The van der Waals surface area contributed by atoms with Crippen LogP contribution in [0, 0.1) is 0 Å². The Bertz CT molecular complexity index is 3240. The van der Waals surface area contributed by atoms with Crippen LogP contribution < -0.4 is 0 Å². The molecule has 0 spiro atoms. The number of para-hydroxylation sites is 2. The van der Waals surface area contributed by atoms with Crippen LogP contribution in [0.1, 0.15) is 0 Å².